The minimum Gasteiger partial charge on any atom is -0.310 e. The number of pyridine rings is 1. The first-order valence-corrected chi connectivity index (χ1v) is 4.79. The molecule has 1 aromatic heterocycles. The van der Waals surface area contributed by atoms with Gasteiger partial charge in [0.15, 0.2) is 0 Å². The Balaban J connectivity index is 2.31. The molecule has 0 atom stereocenters. The van der Waals surface area contributed by atoms with Gasteiger partial charge >= 0.3 is 0 Å². The highest BCUT2D eigenvalue weighted by atomic mass is 14.7. The number of aryl methyl sites for hydroxylation is 1. The van der Waals surface area contributed by atoms with E-state index in [-0.39, 0.29) is 0 Å². The molecule has 0 radical (unpaired) electrons. The molecule has 0 saturated heterocycles. The van der Waals surface area contributed by atoms with Crippen LogP contribution in [0.25, 0.3) is 0 Å². The summed E-state index contributed by atoms with van der Waals surface area (Å²) in [6.45, 7) is 2.11. The van der Waals surface area contributed by atoms with Crippen LogP contribution in [0.5, 0.6) is 0 Å². The van der Waals surface area contributed by atoms with Gasteiger partial charge in [-0.1, -0.05) is 19.4 Å². The zero-order valence-electron chi connectivity index (χ0n) is 8.09. The topological polar surface area (TPSA) is 36.7 Å². The summed E-state index contributed by atoms with van der Waals surface area (Å²) in [7, 11) is 0. The van der Waals surface area contributed by atoms with Gasteiger partial charge in [-0.25, -0.2) is 0 Å². The van der Waals surface area contributed by atoms with Crippen LogP contribution in [-0.2, 0) is 6.42 Å². The number of hydrogen-bond donors (Lipinski definition) is 1. The summed E-state index contributed by atoms with van der Waals surface area (Å²) in [4.78, 5) is 4.21. The lowest BCUT2D eigenvalue weighted by Crippen LogP contribution is -1.99. The zero-order chi connectivity index (χ0) is 9.52. The van der Waals surface area contributed by atoms with E-state index in [0.29, 0.717) is 0 Å². The predicted molar refractivity (Wildman–Crippen MR) is 55.2 cm³/mol. The van der Waals surface area contributed by atoms with Gasteiger partial charge in [0, 0.05) is 17.6 Å². The Morgan fingerprint density at radius 3 is 2.85 bits per heavy atom. The highest BCUT2D eigenvalue weighted by Crippen LogP contribution is 2.02. The second kappa shape index (κ2) is 5.46. The highest BCUT2D eigenvalue weighted by molar-refractivity contribution is 5.81. The van der Waals surface area contributed by atoms with Crippen LogP contribution < -0.4 is 0 Å². The van der Waals surface area contributed by atoms with E-state index in [4.69, 9.17) is 5.41 Å². The van der Waals surface area contributed by atoms with E-state index in [1.54, 1.807) is 6.20 Å². The Morgan fingerprint density at radius 2 is 2.23 bits per heavy atom. The maximum absolute atomic E-state index is 7.61. The van der Waals surface area contributed by atoms with Crippen LogP contribution in [0.4, 0.5) is 0 Å². The maximum atomic E-state index is 7.61. The minimum atomic E-state index is 0.841. The SMILES string of the molecule is CCCC(=N)CCc1ccccn1. The van der Waals surface area contributed by atoms with Crippen molar-refractivity contribution in [3.8, 4) is 0 Å². The first-order valence-electron chi connectivity index (χ1n) is 4.79. The average Bonchev–Trinajstić information content (AvgIpc) is 2.17. The predicted octanol–water partition coefficient (Wildman–Crippen LogP) is 2.83. The second-order valence-electron chi connectivity index (χ2n) is 3.17. The molecule has 0 aliphatic rings. The van der Waals surface area contributed by atoms with Crippen LogP contribution in [0.2, 0.25) is 0 Å². The first-order chi connectivity index (χ1) is 6.33. The molecule has 70 valence electrons. The van der Waals surface area contributed by atoms with Crippen molar-refractivity contribution in [1.29, 1.82) is 5.41 Å². The third-order valence-electron chi connectivity index (χ3n) is 1.96. The fourth-order valence-corrected chi connectivity index (χ4v) is 1.25. The number of nitrogens with one attached hydrogen (secondary N) is 1. The molecule has 2 nitrogen and oxygen atoms in total. The van der Waals surface area contributed by atoms with Gasteiger partial charge in [0.05, 0.1) is 0 Å². The largest absolute Gasteiger partial charge is 0.310 e. The molecule has 0 amide bonds. The summed E-state index contributed by atoms with van der Waals surface area (Å²) in [5, 5.41) is 7.61. The van der Waals surface area contributed by atoms with Crippen molar-refractivity contribution in [1.82, 2.24) is 4.98 Å². The van der Waals surface area contributed by atoms with Crippen molar-refractivity contribution in [2.75, 3.05) is 0 Å². The Labute approximate surface area is 79.5 Å². The van der Waals surface area contributed by atoms with Gasteiger partial charge in [-0.05, 0) is 31.4 Å². The van der Waals surface area contributed by atoms with Gasteiger partial charge in [-0.15, -0.1) is 0 Å². The Kier molecular flexibility index (Phi) is 4.16. The third kappa shape index (κ3) is 3.83. The molecular weight excluding hydrogens is 160 g/mol. The smallest absolute Gasteiger partial charge is 0.0407 e. The lowest BCUT2D eigenvalue weighted by atomic mass is 10.1. The summed E-state index contributed by atoms with van der Waals surface area (Å²) in [5.41, 5.74) is 1.93. The van der Waals surface area contributed by atoms with Crippen LogP contribution in [0.3, 0.4) is 0 Å². The highest BCUT2D eigenvalue weighted by Gasteiger charge is 1.97. The maximum Gasteiger partial charge on any atom is 0.0407 e. The lowest BCUT2D eigenvalue weighted by molar-refractivity contribution is 0.903. The van der Waals surface area contributed by atoms with Crippen molar-refractivity contribution < 1.29 is 0 Å². The quantitative estimate of drug-likeness (QED) is 0.688. The van der Waals surface area contributed by atoms with Gasteiger partial charge in [-0.3, -0.25) is 4.98 Å². The molecule has 0 fully saturated rings. The van der Waals surface area contributed by atoms with E-state index in [2.05, 4.69) is 11.9 Å². The molecular formula is C11H16N2. The molecule has 1 rings (SSSR count). The molecule has 0 bridgehead atoms. The summed E-state index contributed by atoms with van der Waals surface area (Å²) in [6, 6.07) is 5.92. The van der Waals surface area contributed by atoms with Gasteiger partial charge in [0.2, 0.25) is 0 Å². The summed E-state index contributed by atoms with van der Waals surface area (Å²) in [6.07, 6.45) is 5.55. The third-order valence-corrected chi connectivity index (χ3v) is 1.96. The van der Waals surface area contributed by atoms with E-state index in [0.717, 1.165) is 37.1 Å². The van der Waals surface area contributed by atoms with E-state index in [1.165, 1.54) is 0 Å². The number of hydrogen-bond acceptors (Lipinski definition) is 2. The van der Waals surface area contributed by atoms with Gasteiger partial charge in [0.25, 0.3) is 0 Å². The van der Waals surface area contributed by atoms with Crippen LogP contribution in [0.1, 0.15) is 31.9 Å². The molecule has 2 heteroatoms. The molecule has 1 aromatic rings. The fourth-order valence-electron chi connectivity index (χ4n) is 1.25. The van der Waals surface area contributed by atoms with E-state index in [1.807, 2.05) is 18.2 Å². The van der Waals surface area contributed by atoms with Gasteiger partial charge in [0.1, 0.15) is 0 Å². The first kappa shape index (κ1) is 9.90. The molecule has 1 N–H and O–H groups in total. The summed E-state index contributed by atoms with van der Waals surface area (Å²) >= 11 is 0. The molecule has 13 heavy (non-hydrogen) atoms. The summed E-state index contributed by atoms with van der Waals surface area (Å²) in [5.74, 6) is 0. The van der Waals surface area contributed by atoms with E-state index >= 15 is 0 Å². The number of nitrogens with zero attached hydrogens (tertiary/aromatic N) is 1. The summed E-state index contributed by atoms with van der Waals surface area (Å²) < 4.78 is 0. The van der Waals surface area contributed by atoms with Gasteiger partial charge in [-0.2, -0.15) is 0 Å². The van der Waals surface area contributed by atoms with Crippen molar-refractivity contribution in [2.24, 2.45) is 0 Å². The van der Waals surface area contributed by atoms with Crippen LogP contribution in [-0.4, -0.2) is 10.7 Å². The normalized spacial score (nSPS) is 9.92. The molecule has 0 aliphatic carbocycles. The molecule has 0 aromatic carbocycles. The molecule has 0 saturated carbocycles. The number of aromatic nitrogens is 1. The molecule has 0 aliphatic heterocycles. The van der Waals surface area contributed by atoms with Crippen molar-refractivity contribution in [2.45, 2.75) is 32.6 Å². The Bertz CT molecular complexity index is 254. The van der Waals surface area contributed by atoms with E-state index in [9.17, 15) is 0 Å². The minimum absolute atomic E-state index is 0.841. The zero-order valence-corrected chi connectivity index (χ0v) is 8.09. The second-order valence-corrected chi connectivity index (χ2v) is 3.17. The Morgan fingerprint density at radius 1 is 1.38 bits per heavy atom. The van der Waals surface area contributed by atoms with Crippen LogP contribution in [0, 0.1) is 5.41 Å². The van der Waals surface area contributed by atoms with Crippen molar-refractivity contribution >= 4 is 5.71 Å². The molecule has 1 heterocycles. The lowest BCUT2D eigenvalue weighted by Gasteiger charge is -2.01. The van der Waals surface area contributed by atoms with Gasteiger partial charge < -0.3 is 5.41 Å². The number of rotatable bonds is 5. The fraction of sp³-hybridized carbons (Fsp3) is 0.455. The van der Waals surface area contributed by atoms with Crippen molar-refractivity contribution in [3.63, 3.8) is 0 Å². The van der Waals surface area contributed by atoms with Crippen LogP contribution >= 0.6 is 0 Å². The molecule has 0 unspecified atom stereocenters. The van der Waals surface area contributed by atoms with E-state index < -0.39 is 0 Å². The average molecular weight is 176 g/mol. The standard InChI is InChI=1S/C11H16N2/c1-2-5-10(12)7-8-11-6-3-4-9-13-11/h3-4,6,9,12H,2,5,7-8H2,1H3. The monoisotopic (exact) mass is 176 g/mol. The van der Waals surface area contributed by atoms with Crippen LogP contribution in [0.15, 0.2) is 24.4 Å². The molecule has 0 spiro atoms. The Hall–Kier alpha value is -1.18. The van der Waals surface area contributed by atoms with Crippen molar-refractivity contribution in [3.05, 3.63) is 30.1 Å².